The number of aryl methyl sites for hydroxylation is 2. The number of nitrogens with one attached hydrogen (secondary N) is 1. The standard InChI is InChI=1S/C23H19ClN2O4/c1-23(16-5-7-17(24)8-6-16)21(28)26(22(29)25-23)12-15-11-20(27)30-19-10-14-4-2-3-13(14)9-18(15)19/h5-11H,2-4,12H2,1H3,(H,25,29). The smallest absolute Gasteiger partial charge is 0.336 e. The molecule has 0 radical (unpaired) electrons. The van der Waals surface area contributed by atoms with Crippen LogP contribution in [0.3, 0.4) is 0 Å². The number of nitrogens with zero attached hydrogens (tertiary/aromatic N) is 1. The van der Waals surface area contributed by atoms with Gasteiger partial charge in [0, 0.05) is 16.5 Å². The summed E-state index contributed by atoms with van der Waals surface area (Å²) in [4.78, 5) is 39.3. The molecule has 1 aromatic heterocycles. The minimum atomic E-state index is -1.20. The van der Waals surface area contributed by atoms with Crippen molar-refractivity contribution in [3.63, 3.8) is 0 Å². The van der Waals surface area contributed by atoms with Crippen LogP contribution in [-0.4, -0.2) is 16.8 Å². The highest BCUT2D eigenvalue weighted by atomic mass is 35.5. The van der Waals surface area contributed by atoms with E-state index < -0.39 is 17.2 Å². The van der Waals surface area contributed by atoms with E-state index in [1.54, 1.807) is 31.2 Å². The van der Waals surface area contributed by atoms with Crippen LogP contribution in [0.4, 0.5) is 4.79 Å². The van der Waals surface area contributed by atoms with Crippen LogP contribution in [0.5, 0.6) is 0 Å². The predicted octanol–water partition coefficient (Wildman–Crippen LogP) is 3.90. The number of fused-ring (bicyclic) bond motifs is 2. The number of carbonyl (C=O) groups excluding carboxylic acids is 2. The molecule has 1 unspecified atom stereocenters. The highest BCUT2D eigenvalue weighted by molar-refractivity contribution is 6.30. The number of halogens is 1. The number of carbonyl (C=O) groups is 2. The topological polar surface area (TPSA) is 79.6 Å². The molecule has 1 aliphatic heterocycles. The quantitative estimate of drug-likeness (QED) is 0.512. The van der Waals surface area contributed by atoms with Crippen molar-refractivity contribution in [2.24, 2.45) is 0 Å². The molecule has 1 atom stereocenters. The van der Waals surface area contributed by atoms with Gasteiger partial charge in [-0.15, -0.1) is 0 Å². The maximum atomic E-state index is 13.2. The molecule has 3 amide bonds. The van der Waals surface area contributed by atoms with E-state index in [1.807, 2.05) is 12.1 Å². The van der Waals surface area contributed by atoms with Crippen molar-refractivity contribution in [1.29, 1.82) is 0 Å². The number of hydrogen-bond acceptors (Lipinski definition) is 4. The Morgan fingerprint density at radius 2 is 1.77 bits per heavy atom. The lowest BCUT2D eigenvalue weighted by Gasteiger charge is -2.22. The zero-order chi connectivity index (χ0) is 21.0. The largest absolute Gasteiger partial charge is 0.423 e. The average molecular weight is 423 g/mol. The summed E-state index contributed by atoms with van der Waals surface area (Å²) < 4.78 is 5.40. The van der Waals surface area contributed by atoms with E-state index in [0.717, 1.165) is 29.5 Å². The van der Waals surface area contributed by atoms with Gasteiger partial charge in [0.2, 0.25) is 0 Å². The molecule has 1 aliphatic carbocycles. The first-order valence-corrected chi connectivity index (χ1v) is 10.2. The van der Waals surface area contributed by atoms with Gasteiger partial charge in [-0.1, -0.05) is 23.7 Å². The molecule has 7 heteroatoms. The van der Waals surface area contributed by atoms with Crippen LogP contribution in [-0.2, 0) is 29.7 Å². The fourth-order valence-electron chi connectivity index (χ4n) is 4.42. The third-order valence-electron chi connectivity index (χ3n) is 6.07. The Hall–Kier alpha value is -3.12. The summed E-state index contributed by atoms with van der Waals surface area (Å²) in [5.74, 6) is -0.377. The molecule has 3 aromatic rings. The normalized spacial score (nSPS) is 20.7. The van der Waals surface area contributed by atoms with Gasteiger partial charge in [-0.3, -0.25) is 9.69 Å². The van der Waals surface area contributed by atoms with Crippen LogP contribution < -0.4 is 10.9 Å². The molecule has 2 aliphatic rings. The first-order valence-electron chi connectivity index (χ1n) is 9.84. The lowest BCUT2D eigenvalue weighted by molar-refractivity contribution is -0.131. The monoisotopic (exact) mass is 422 g/mol. The van der Waals surface area contributed by atoms with Gasteiger partial charge in [0.25, 0.3) is 5.91 Å². The van der Waals surface area contributed by atoms with E-state index in [0.29, 0.717) is 21.7 Å². The number of imide groups is 1. The SMILES string of the molecule is CC1(c2ccc(Cl)cc2)NC(=O)N(Cc2cc(=O)oc3cc4c(cc23)CCC4)C1=O. The summed E-state index contributed by atoms with van der Waals surface area (Å²) in [5.41, 5.74) is 2.45. The minimum absolute atomic E-state index is 0.00523. The van der Waals surface area contributed by atoms with E-state index >= 15 is 0 Å². The Kier molecular flexibility index (Phi) is 4.22. The summed E-state index contributed by atoms with van der Waals surface area (Å²) in [6.07, 6.45) is 3.00. The second kappa shape index (κ2) is 6.71. The fraction of sp³-hybridized carbons (Fsp3) is 0.261. The molecule has 152 valence electrons. The maximum Gasteiger partial charge on any atom is 0.336 e. The van der Waals surface area contributed by atoms with Crippen molar-refractivity contribution in [2.75, 3.05) is 0 Å². The van der Waals surface area contributed by atoms with Gasteiger partial charge in [-0.2, -0.15) is 0 Å². The zero-order valence-electron chi connectivity index (χ0n) is 16.3. The molecule has 1 N–H and O–H groups in total. The Balaban J connectivity index is 1.54. The first kappa shape index (κ1) is 18.9. The van der Waals surface area contributed by atoms with Gasteiger partial charge in [0.15, 0.2) is 0 Å². The zero-order valence-corrected chi connectivity index (χ0v) is 17.1. The molecule has 2 heterocycles. The molecule has 30 heavy (non-hydrogen) atoms. The second-order valence-corrected chi connectivity index (χ2v) is 8.45. The van der Waals surface area contributed by atoms with Gasteiger partial charge in [-0.25, -0.2) is 9.59 Å². The van der Waals surface area contributed by atoms with E-state index in [1.165, 1.54) is 17.2 Å². The Labute approximate surface area is 177 Å². The summed E-state index contributed by atoms with van der Waals surface area (Å²) in [7, 11) is 0. The van der Waals surface area contributed by atoms with Gasteiger partial charge in [0.1, 0.15) is 11.1 Å². The summed E-state index contributed by atoms with van der Waals surface area (Å²) >= 11 is 5.95. The molecule has 6 nitrogen and oxygen atoms in total. The van der Waals surface area contributed by atoms with Crippen LogP contribution in [0.2, 0.25) is 5.02 Å². The highest BCUT2D eigenvalue weighted by Gasteiger charge is 2.49. The van der Waals surface area contributed by atoms with Crippen molar-refractivity contribution in [3.05, 3.63) is 80.2 Å². The van der Waals surface area contributed by atoms with Crippen LogP contribution in [0, 0.1) is 0 Å². The first-order chi connectivity index (χ1) is 14.3. The van der Waals surface area contributed by atoms with Crippen LogP contribution >= 0.6 is 11.6 Å². The van der Waals surface area contributed by atoms with E-state index in [4.69, 9.17) is 16.0 Å². The molecule has 1 fully saturated rings. The van der Waals surface area contributed by atoms with Crippen LogP contribution in [0.1, 0.15) is 35.6 Å². The number of rotatable bonds is 3. The number of amides is 3. The number of hydrogen-bond donors (Lipinski definition) is 1. The van der Waals surface area contributed by atoms with Crippen molar-refractivity contribution < 1.29 is 14.0 Å². The summed E-state index contributed by atoms with van der Waals surface area (Å²) in [5, 5.41) is 4.09. The summed E-state index contributed by atoms with van der Waals surface area (Å²) in [6.45, 7) is 1.66. The van der Waals surface area contributed by atoms with E-state index in [2.05, 4.69) is 5.32 Å². The molecular weight excluding hydrogens is 404 g/mol. The van der Waals surface area contributed by atoms with E-state index in [9.17, 15) is 14.4 Å². The molecule has 1 saturated heterocycles. The van der Waals surface area contributed by atoms with Gasteiger partial charge >= 0.3 is 11.7 Å². The summed E-state index contributed by atoms with van der Waals surface area (Å²) in [6, 6.07) is 11.6. The molecule has 2 aromatic carbocycles. The van der Waals surface area contributed by atoms with Gasteiger partial charge < -0.3 is 9.73 Å². The van der Waals surface area contributed by atoms with Gasteiger partial charge in [-0.05, 0) is 72.7 Å². The molecular formula is C23H19ClN2O4. The Morgan fingerprint density at radius 3 is 2.50 bits per heavy atom. The Bertz CT molecular complexity index is 1260. The maximum absolute atomic E-state index is 13.2. The highest BCUT2D eigenvalue weighted by Crippen LogP contribution is 2.33. The van der Waals surface area contributed by atoms with Crippen molar-refractivity contribution in [3.8, 4) is 0 Å². The molecule has 5 rings (SSSR count). The van der Waals surface area contributed by atoms with Crippen LogP contribution in [0.25, 0.3) is 11.0 Å². The van der Waals surface area contributed by atoms with E-state index in [-0.39, 0.29) is 12.5 Å². The van der Waals surface area contributed by atoms with Crippen molar-refractivity contribution >= 4 is 34.5 Å². The molecule has 0 spiro atoms. The van der Waals surface area contributed by atoms with Crippen molar-refractivity contribution in [1.82, 2.24) is 10.2 Å². The molecule has 0 bridgehead atoms. The third kappa shape index (κ3) is 2.91. The third-order valence-corrected chi connectivity index (χ3v) is 6.32. The predicted molar refractivity (Wildman–Crippen MR) is 112 cm³/mol. The minimum Gasteiger partial charge on any atom is -0.423 e. The van der Waals surface area contributed by atoms with Crippen molar-refractivity contribution in [2.45, 2.75) is 38.3 Å². The average Bonchev–Trinajstić information content (AvgIpc) is 3.25. The number of benzene rings is 2. The molecule has 0 saturated carbocycles. The second-order valence-electron chi connectivity index (χ2n) is 8.01. The van der Waals surface area contributed by atoms with Crippen LogP contribution in [0.15, 0.2) is 51.7 Å². The Morgan fingerprint density at radius 1 is 1.07 bits per heavy atom. The van der Waals surface area contributed by atoms with Gasteiger partial charge in [0.05, 0.1) is 6.54 Å². The fourth-order valence-corrected chi connectivity index (χ4v) is 4.54. The lowest BCUT2D eigenvalue weighted by atomic mass is 9.92. The number of urea groups is 1. The lowest BCUT2D eigenvalue weighted by Crippen LogP contribution is -2.40.